The van der Waals surface area contributed by atoms with Crippen LogP contribution in [0, 0.1) is 5.82 Å². The van der Waals surface area contributed by atoms with Crippen molar-refractivity contribution in [3.05, 3.63) is 84.7 Å². The molecule has 0 aliphatic rings. The van der Waals surface area contributed by atoms with Gasteiger partial charge in [0.05, 0.1) is 0 Å². The predicted octanol–water partition coefficient (Wildman–Crippen LogP) is 3.96. The SMILES string of the molecule is C[n+]1ccn(CCOC(C[Se]c2ccccc2)c2ccc(F)cc2)c1.F[B-](F)(F)F. The molecule has 2 aromatic carbocycles. The van der Waals surface area contributed by atoms with Crippen molar-refractivity contribution < 1.29 is 31.0 Å². The molecule has 1 heterocycles. The topological polar surface area (TPSA) is 18.0 Å². The first-order chi connectivity index (χ1) is 14.2. The zero-order valence-corrected chi connectivity index (χ0v) is 18.0. The first-order valence-electron chi connectivity index (χ1n) is 9.14. The fourth-order valence-corrected chi connectivity index (χ4v) is 4.60. The molecule has 0 aliphatic carbocycles. The summed E-state index contributed by atoms with van der Waals surface area (Å²) in [6.45, 7) is 1.43. The zero-order valence-electron chi connectivity index (χ0n) is 16.3. The van der Waals surface area contributed by atoms with Crippen LogP contribution in [0.5, 0.6) is 0 Å². The van der Waals surface area contributed by atoms with E-state index in [-0.39, 0.29) is 11.9 Å². The number of aryl methyl sites for hydroxylation is 1. The van der Waals surface area contributed by atoms with Gasteiger partial charge in [-0.2, -0.15) is 0 Å². The van der Waals surface area contributed by atoms with Gasteiger partial charge in [0.2, 0.25) is 0 Å². The standard InChI is InChI=1S/C20H22FN2OSe.BF4/c1-22-11-12-23(16-22)13-14-24-20(17-7-9-18(21)10-8-17)15-25-19-5-3-2-4-6-19;2-1(3,4)5/h2-12,16,20H,13-15H2,1H3;/q+1;-1. The van der Waals surface area contributed by atoms with E-state index >= 15 is 0 Å². The predicted molar refractivity (Wildman–Crippen MR) is 108 cm³/mol. The molecule has 162 valence electrons. The second-order valence-corrected chi connectivity index (χ2v) is 8.64. The van der Waals surface area contributed by atoms with E-state index in [0.29, 0.717) is 21.6 Å². The molecular weight excluding hydrogens is 469 g/mol. The number of rotatable bonds is 8. The van der Waals surface area contributed by atoms with Gasteiger partial charge in [-0.05, 0) is 0 Å². The van der Waals surface area contributed by atoms with Gasteiger partial charge in [-0.1, -0.05) is 0 Å². The van der Waals surface area contributed by atoms with Gasteiger partial charge in [-0.25, -0.2) is 0 Å². The number of nitrogens with zero attached hydrogens (tertiary/aromatic N) is 2. The summed E-state index contributed by atoms with van der Waals surface area (Å²) in [6.07, 6.45) is 6.06. The van der Waals surface area contributed by atoms with Gasteiger partial charge >= 0.3 is 161 Å². The maximum absolute atomic E-state index is 13.2. The third kappa shape index (κ3) is 10.0. The van der Waals surface area contributed by atoms with E-state index in [4.69, 9.17) is 4.74 Å². The van der Waals surface area contributed by atoms with Crippen LogP contribution in [0.15, 0.2) is 73.3 Å². The number of imidazole rings is 1. The molecule has 30 heavy (non-hydrogen) atoms. The Labute approximate surface area is 178 Å². The van der Waals surface area contributed by atoms with Gasteiger partial charge in [-0.15, -0.1) is 0 Å². The van der Waals surface area contributed by atoms with E-state index in [2.05, 4.69) is 28.8 Å². The molecule has 10 heteroatoms. The second-order valence-electron chi connectivity index (χ2n) is 6.35. The Morgan fingerprint density at radius 1 is 1.03 bits per heavy atom. The van der Waals surface area contributed by atoms with Gasteiger partial charge in [0.15, 0.2) is 0 Å². The van der Waals surface area contributed by atoms with Crippen molar-refractivity contribution in [2.24, 2.45) is 7.05 Å². The average molecular weight is 491 g/mol. The smallest absolute Gasteiger partial charge is 0.418 e. The molecule has 0 spiro atoms. The molecule has 0 bridgehead atoms. The van der Waals surface area contributed by atoms with Crippen molar-refractivity contribution in [3.63, 3.8) is 0 Å². The molecule has 3 nitrogen and oxygen atoms in total. The summed E-state index contributed by atoms with van der Waals surface area (Å²) in [5, 5.41) is 0.933. The van der Waals surface area contributed by atoms with Crippen LogP contribution in [0.3, 0.4) is 0 Å². The number of hydrogen-bond acceptors (Lipinski definition) is 1. The third-order valence-electron chi connectivity index (χ3n) is 3.88. The molecular formula is C20H22BF5N2OSe. The van der Waals surface area contributed by atoms with Gasteiger partial charge in [-0.3, -0.25) is 0 Å². The van der Waals surface area contributed by atoms with Crippen molar-refractivity contribution in [2.75, 3.05) is 6.61 Å². The Balaban J connectivity index is 0.000000575. The fourth-order valence-electron chi connectivity index (χ4n) is 2.54. The van der Waals surface area contributed by atoms with Crippen molar-refractivity contribution in [3.8, 4) is 0 Å². The summed E-state index contributed by atoms with van der Waals surface area (Å²) < 4.78 is 63.9. The molecule has 0 radical (unpaired) electrons. The van der Waals surface area contributed by atoms with Crippen molar-refractivity contribution in [2.45, 2.75) is 18.0 Å². The molecule has 0 N–H and O–H groups in total. The Morgan fingerprint density at radius 3 is 2.23 bits per heavy atom. The number of aromatic nitrogens is 2. The molecule has 1 unspecified atom stereocenters. The van der Waals surface area contributed by atoms with E-state index < -0.39 is 7.25 Å². The Hall–Kier alpha value is -2.16. The molecule has 3 rings (SSSR count). The molecule has 1 atom stereocenters. The van der Waals surface area contributed by atoms with Crippen LogP contribution in [-0.4, -0.2) is 33.4 Å². The van der Waals surface area contributed by atoms with Crippen molar-refractivity contribution in [1.82, 2.24) is 4.57 Å². The van der Waals surface area contributed by atoms with E-state index in [1.807, 2.05) is 48.5 Å². The fraction of sp³-hybridized carbons (Fsp3) is 0.250. The van der Waals surface area contributed by atoms with Crippen molar-refractivity contribution in [1.29, 1.82) is 0 Å². The minimum Gasteiger partial charge on any atom is -0.418 e. The summed E-state index contributed by atoms with van der Waals surface area (Å²) >= 11 is 0.320. The number of ether oxygens (including phenoxy) is 1. The second kappa shape index (κ2) is 11.9. The normalized spacial score (nSPS) is 12.2. The molecule has 0 amide bonds. The summed E-state index contributed by atoms with van der Waals surface area (Å²) in [6, 6.07) is 17.1. The molecule has 0 saturated carbocycles. The molecule has 0 aliphatic heterocycles. The van der Waals surface area contributed by atoms with Crippen LogP contribution in [0.25, 0.3) is 0 Å². The third-order valence-corrected chi connectivity index (χ3v) is 6.13. The van der Waals surface area contributed by atoms with Crippen LogP contribution in [0.1, 0.15) is 11.7 Å². The Bertz CT molecular complexity index is 869. The van der Waals surface area contributed by atoms with Crippen LogP contribution in [0.4, 0.5) is 21.7 Å². The molecule has 3 aromatic rings. The summed E-state index contributed by atoms with van der Waals surface area (Å²) in [7, 11) is -4.00. The van der Waals surface area contributed by atoms with Crippen LogP contribution in [-0.2, 0) is 18.3 Å². The largest absolute Gasteiger partial charge is 0.673 e. The monoisotopic (exact) mass is 492 g/mol. The number of hydrogen-bond donors (Lipinski definition) is 0. The first kappa shape index (κ1) is 24.1. The van der Waals surface area contributed by atoms with E-state index in [1.54, 1.807) is 0 Å². The minimum atomic E-state index is -6.00. The van der Waals surface area contributed by atoms with Crippen LogP contribution >= 0.6 is 0 Å². The van der Waals surface area contributed by atoms with E-state index in [0.717, 1.165) is 17.4 Å². The number of halogens is 5. The van der Waals surface area contributed by atoms with E-state index in [1.165, 1.54) is 16.6 Å². The molecule has 0 fully saturated rings. The Morgan fingerprint density at radius 2 is 1.67 bits per heavy atom. The van der Waals surface area contributed by atoms with Gasteiger partial charge < -0.3 is 17.3 Å². The van der Waals surface area contributed by atoms with Crippen LogP contribution < -0.4 is 9.03 Å². The maximum Gasteiger partial charge on any atom is 0.673 e. The van der Waals surface area contributed by atoms with Gasteiger partial charge in [0, 0.05) is 0 Å². The number of benzene rings is 2. The first-order valence-corrected chi connectivity index (χ1v) is 11.2. The van der Waals surface area contributed by atoms with Gasteiger partial charge in [0.25, 0.3) is 0 Å². The average Bonchev–Trinajstić information content (AvgIpc) is 3.10. The minimum absolute atomic E-state index is 0.00915. The summed E-state index contributed by atoms with van der Waals surface area (Å²) in [5.74, 6) is -0.212. The van der Waals surface area contributed by atoms with Crippen molar-refractivity contribution >= 4 is 26.7 Å². The molecule has 1 aromatic heterocycles. The summed E-state index contributed by atoms with van der Waals surface area (Å²) in [4.78, 5) is 0. The maximum atomic E-state index is 13.2. The summed E-state index contributed by atoms with van der Waals surface area (Å²) in [5.41, 5.74) is 1.04. The van der Waals surface area contributed by atoms with E-state index in [9.17, 15) is 21.7 Å². The molecule has 0 saturated heterocycles. The Kier molecular flexibility index (Phi) is 9.55. The zero-order chi connectivity index (χ0) is 22.0. The van der Waals surface area contributed by atoms with Gasteiger partial charge in [0.1, 0.15) is 0 Å². The quantitative estimate of drug-likeness (QED) is 0.265. The van der Waals surface area contributed by atoms with Crippen LogP contribution in [0.2, 0.25) is 5.32 Å².